The Bertz CT molecular complexity index is 1110. The van der Waals surface area contributed by atoms with E-state index < -0.39 is 0 Å². The number of aromatic amines is 1. The van der Waals surface area contributed by atoms with Gasteiger partial charge >= 0.3 is 0 Å². The van der Waals surface area contributed by atoms with Gasteiger partial charge in [0.2, 0.25) is 0 Å². The maximum Gasteiger partial charge on any atom is 0.266 e. The number of amides is 1. The van der Waals surface area contributed by atoms with Gasteiger partial charge in [-0.15, -0.1) is 0 Å². The molecule has 1 aliphatic heterocycles. The SMILES string of the molecule is Cc1nc(-n2cccc2)sc1C(=O)N1CCc2[nH]c3ccccc3c2C1. The molecule has 0 aliphatic carbocycles. The molecule has 1 aromatic carbocycles. The Balaban J connectivity index is 1.47. The highest BCUT2D eigenvalue weighted by Crippen LogP contribution is 2.30. The molecule has 130 valence electrons. The summed E-state index contributed by atoms with van der Waals surface area (Å²) < 4.78 is 1.95. The second kappa shape index (κ2) is 5.85. The lowest BCUT2D eigenvalue weighted by Gasteiger charge is -2.27. The van der Waals surface area contributed by atoms with Crippen LogP contribution in [-0.2, 0) is 13.0 Å². The molecule has 3 aromatic heterocycles. The standard InChI is InChI=1S/C20H18N4OS/c1-13-18(26-20(21-13)23-9-4-5-10-23)19(25)24-11-8-17-15(12-24)14-6-2-3-7-16(14)22-17/h2-7,9-10,22H,8,11-12H2,1H3. The predicted octanol–water partition coefficient (Wildman–Crippen LogP) is 3.92. The third-order valence-electron chi connectivity index (χ3n) is 4.97. The Kier molecular flexibility index (Phi) is 3.46. The van der Waals surface area contributed by atoms with E-state index in [1.807, 2.05) is 53.0 Å². The number of carbonyl (C=O) groups is 1. The van der Waals surface area contributed by atoms with E-state index in [2.05, 4.69) is 22.1 Å². The number of hydrogen-bond donors (Lipinski definition) is 1. The first-order valence-electron chi connectivity index (χ1n) is 8.69. The first kappa shape index (κ1) is 15.4. The van der Waals surface area contributed by atoms with E-state index >= 15 is 0 Å². The number of rotatable bonds is 2. The Labute approximate surface area is 154 Å². The number of aryl methyl sites for hydroxylation is 1. The van der Waals surface area contributed by atoms with Crippen molar-refractivity contribution in [1.29, 1.82) is 0 Å². The van der Waals surface area contributed by atoms with Gasteiger partial charge in [0.15, 0.2) is 5.13 Å². The summed E-state index contributed by atoms with van der Waals surface area (Å²) in [5.74, 6) is 0.0781. The van der Waals surface area contributed by atoms with Crippen molar-refractivity contribution in [2.75, 3.05) is 6.54 Å². The number of hydrogen-bond acceptors (Lipinski definition) is 3. The van der Waals surface area contributed by atoms with Crippen molar-refractivity contribution in [2.24, 2.45) is 0 Å². The predicted molar refractivity (Wildman–Crippen MR) is 103 cm³/mol. The van der Waals surface area contributed by atoms with Crippen LogP contribution in [0, 0.1) is 6.92 Å². The molecule has 26 heavy (non-hydrogen) atoms. The van der Waals surface area contributed by atoms with E-state index in [0.29, 0.717) is 6.54 Å². The summed E-state index contributed by atoms with van der Waals surface area (Å²) in [5.41, 5.74) is 4.45. The van der Waals surface area contributed by atoms with E-state index in [9.17, 15) is 4.79 Å². The zero-order valence-corrected chi connectivity index (χ0v) is 15.2. The van der Waals surface area contributed by atoms with Crippen LogP contribution in [0.1, 0.15) is 26.6 Å². The van der Waals surface area contributed by atoms with Crippen LogP contribution in [0.4, 0.5) is 0 Å². The number of thiazole rings is 1. The van der Waals surface area contributed by atoms with Gasteiger partial charge in [-0.25, -0.2) is 4.98 Å². The number of aromatic nitrogens is 3. The van der Waals surface area contributed by atoms with Crippen molar-refractivity contribution in [3.05, 3.63) is 70.6 Å². The van der Waals surface area contributed by atoms with Crippen LogP contribution >= 0.6 is 11.3 Å². The molecule has 1 amide bonds. The van der Waals surface area contributed by atoms with E-state index in [1.165, 1.54) is 28.0 Å². The highest BCUT2D eigenvalue weighted by molar-refractivity contribution is 7.16. The summed E-state index contributed by atoms with van der Waals surface area (Å²) in [6, 6.07) is 12.2. The van der Waals surface area contributed by atoms with Crippen LogP contribution in [0.2, 0.25) is 0 Å². The second-order valence-corrected chi connectivity index (χ2v) is 7.58. The Morgan fingerprint density at radius 1 is 1.19 bits per heavy atom. The smallest absolute Gasteiger partial charge is 0.266 e. The normalized spacial score (nSPS) is 14.0. The van der Waals surface area contributed by atoms with Crippen LogP contribution in [0.15, 0.2) is 48.8 Å². The molecule has 0 atom stereocenters. The average molecular weight is 362 g/mol. The first-order valence-corrected chi connectivity index (χ1v) is 9.51. The molecule has 5 nitrogen and oxygen atoms in total. The molecule has 5 rings (SSSR count). The van der Waals surface area contributed by atoms with Gasteiger partial charge in [0.05, 0.1) is 5.69 Å². The summed E-state index contributed by atoms with van der Waals surface area (Å²) in [4.78, 5) is 23.9. The van der Waals surface area contributed by atoms with Crippen molar-refractivity contribution >= 4 is 28.1 Å². The number of nitrogens with one attached hydrogen (secondary N) is 1. The molecule has 1 aliphatic rings. The summed E-state index contributed by atoms with van der Waals surface area (Å²) >= 11 is 1.46. The number of H-pyrrole nitrogens is 1. The molecule has 0 spiro atoms. The second-order valence-electron chi connectivity index (χ2n) is 6.61. The van der Waals surface area contributed by atoms with Gasteiger partial charge in [-0.05, 0) is 25.1 Å². The van der Waals surface area contributed by atoms with Gasteiger partial charge in [-0.1, -0.05) is 29.5 Å². The average Bonchev–Trinajstić information content (AvgIpc) is 3.38. The summed E-state index contributed by atoms with van der Waals surface area (Å²) in [5, 5.41) is 2.05. The molecule has 0 radical (unpaired) electrons. The van der Waals surface area contributed by atoms with E-state index in [1.54, 1.807) is 0 Å². The molecule has 1 N–H and O–H groups in total. The van der Waals surface area contributed by atoms with Crippen LogP contribution in [0.5, 0.6) is 0 Å². The van der Waals surface area contributed by atoms with Gasteiger partial charge in [-0.3, -0.25) is 4.79 Å². The van der Waals surface area contributed by atoms with Crippen LogP contribution < -0.4 is 0 Å². The topological polar surface area (TPSA) is 53.9 Å². The Morgan fingerprint density at radius 2 is 2.00 bits per heavy atom. The van der Waals surface area contributed by atoms with Crippen LogP contribution in [0.3, 0.4) is 0 Å². The lowest BCUT2D eigenvalue weighted by molar-refractivity contribution is 0.0739. The largest absolute Gasteiger partial charge is 0.358 e. The van der Waals surface area contributed by atoms with Crippen molar-refractivity contribution in [3.8, 4) is 5.13 Å². The highest BCUT2D eigenvalue weighted by atomic mass is 32.1. The van der Waals surface area contributed by atoms with Gasteiger partial charge in [0, 0.05) is 54.1 Å². The fourth-order valence-corrected chi connectivity index (χ4v) is 4.64. The quantitative estimate of drug-likeness (QED) is 0.588. The molecule has 4 heterocycles. The monoisotopic (exact) mass is 362 g/mol. The number of para-hydroxylation sites is 1. The van der Waals surface area contributed by atoms with Crippen molar-refractivity contribution in [3.63, 3.8) is 0 Å². The molecular weight excluding hydrogens is 344 g/mol. The third kappa shape index (κ3) is 2.37. The van der Waals surface area contributed by atoms with Crippen LogP contribution in [0.25, 0.3) is 16.0 Å². The first-order chi connectivity index (χ1) is 12.7. The highest BCUT2D eigenvalue weighted by Gasteiger charge is 2.27. The van der Waals surface area contributed by atoms with Crippen LogP contribution in [-0.4, -0.2) is 31.9 Å². The molecule has 0 fully saturated rings. The minimum atomic E-state index is 0.0781. The molecule has 0 saturated carbocycles. The number of benzene rings is 1. The van der Waals surface area contributed by atoms with Crippen molar-refractivity contribution < 1.29 is 4.79 Å². The van der Waals surface area contributed by atoms with Gasteiger partial charge < -0.3 is 14.5 Å². The zero-order valence-electron chi connectivity index (χ0n) is 14.4. The molecule has 0 bridgehead atoms. The zero-order chi connectivity index (χ0) is 17.7. The van der Waals surface area contributed by atoms with E-state index in [0.717, 1.165) is 34.2 Å². The molecule has 4 aromatic rings. The minimum absolute atomic E-state index is 0.0781. The Morgan fingerprint density at radius 3 is 2.85 bits per heavy atom. The lowest BCUT2D eigenvalue weighted by atomic mass is 10.0. The molecule has 0 saturated heterocycles. The third-order valence-corrected chi connectivity index (χ3v) is 6.13. The maximum absolute atomic E-state index is 13.1. The summed E-state index contributed by atoms with van der Waals surface area (Å²) in [7, 11) is 0. The molecule has 0 unspecified atom stereocenters. The number of carbonyl (C=O) groups excluding carboxylic acids is 1. The van der Waals surface area contributed by atoms with Gasteiger partial charge in [0.1, 0.15) is 4.88 Å². The lowest BCUT2D eigenvalue weighted by Crippen LogP contribution is -2.35. The fourth-order valence-electron chi connectivity index (χ4n) is 3.64. The number of fused-ring (bicyclic) bond motifs is 3. The van der Waals surface area contributed by atoms with Crippen molar-refractivity contribution in [1.82, 2.24) is 19.4 Å². The van der Waals surface area contributed by atoms with E-state index in [-0.39, 0.29) is 5.91 Å². The van der Waals surface area contributed by atoms with Gasteiger partial charge in [-0.2, -0.15) is 0 Å². The minimum Gasteiger partial charge on any atom is -0.358 e. The summed E-state index contributed by atoms with van der Waals surface area (Å²) in [6.07, 6.45) is 4.76. The van der Waals surface area contributed by atoms with Crippen molar-refractivity contribution in [2.45, 2.75) is 19.9 Å². The summed E-state index contributed by atoms with van der Waals surface area (Å²) in [6.45, 7) is 3.29. The Hall–Kier alpha value is -2.86. The van der Waals surface area contributed by atoms with Gasteiger partial charge in [0.25, 0.3) is 5.91 Å². The molecule has 6 heteroatoms. The van der Waals surface area contributed by atoms with E-state index in [4.69, 9.17) is 0 Å². The fraction of sp³-hybridized carbons (Fsp3) is 0.200. The molecular formula is C20H18N4OS. The number of nitrogens with zero attached hydrogens (tertiary/aromatic N) is 3. The maximum atomic E-state index is 13.1.